The summed E-state index contributed by atoms with van der Waals surface area (Å²) in [6.45, 7) is 3.89. The number of pyridine rings is 1. The molecule has 0 radical (unpaired) electrons. The minimum atomic E-state index is 0.0228. The van der Waals surface area contributed by atoms with Crippen molar-refractivity contribution in [3.63, 3.8) is 0 Å². The molecule has 0 aliphatic heterocycles. The molecule has 0 unspecified atom stereocenters. The van der Waals surface area contributed by atoms with Crippen LogP contribution in [0.3, 0.4) is 0 Å². The molecule has 32 heavy (non-hydrogen) atoms. The van der Waals surface area contributed by atoms with E-state index >= 15 is 0 Å². The Hall–Kier alpha value is -3.33. The van der Waals surface area contributed by atoms with Gasteiger partial charge in [-0.1, -0.05) is 0 Å². The van der Waals surface area contributed by atoms with Gasteiger partial charge in [-0.25, -0.2) is 15.0 Å². The summed E-state index contributed by atoms with van der Waals surface area (Å²) in [5.74, 6) is 2.34. The van der Waals surface area contributed by atoms with Crippen molar-refractivity contribution in [2.75, 3.05) is 16.9 Å². The third kappa shape index (κ3) is 3.95. The molecule has 8 nitrogen and oxygen atoms in total. The van der Waals surface area contributed by atoms with Crippen molar-refractivity contribution in [2.24, 2.45) is 13.0 Å². The summed E-state index contributed by atoms with van der Waals surface area (Å²) in [5, 5.41) is 6.47. The lowest BCUT2D eigenvalue weighted by molar-refractivity contribution is -0.117. The number of rotatable bonds is 6. The van der Waals surface area contributed by atoms with E-state index in [0.29, 0.717) is 11.5 Å². The van der Waals surface area contributed by atoms with Crippen LogP contribution in [0, 0.1) is 19.8 Å². The second-order valence-corrected chi connectivity index (χ2v) is 9.04. The third-order valence-electron chi connectivity index (χ3n) is 5.51. The van der Waals surface area contributed by atoms with Crippen LogP contribution in [0.25, 0.3) is 22.6 Å². The highest BCUT2D eigenvalue weighted by atomic mass is 32.2. The Bertz CT molecular complexity index is 1340. The summed E-state index contributed by atoms with van der Waals surface area (Å²) in [4.78, 5) is 30.3. The number of amides is 1. The number of nitrogens with one attached hydrogen (secondary N) is 3. The number of aromatic amines is 1. The molecule has 0 bridgehead atoms. The van der Waals surface area contributed by atoms with Crippen molar-refractivity contribution in [3.8, 4) is 11.4 Å². The molecule has 1 fully saturated rings. The Morgan fingerprint density at radius 2 is 1.97 bits per heavy atom. The quantitative estimate of drug-likeness (QED) is 0.368. The van der Waals surface area contributed by atoms with Crippen LogP contribution in [0.4, 0.5) is 17.2 Å². The summed E-state index contributed by atoms with van der Waals surface area (Å²) in [5.41, 5.74) is 5.21. The van der Waals surface area contributed by atoms with Gasteiger partial charge in [0.05, 0.1) is 17.1 Å². The van der Waals surface area contributed by atoms with Crippen molar-refractivity contribution in [1.82, 2.24) is 24.5 Å². The lowest BCUT2D eigenvalue weighted by Gasteiger charge is -2.14. The van der Waals surface area contributed by atoms with E-state index in [0.717, 1.165) is 57.5 Å². The summed E-state index contributed by atoms with van der Waals surface area (Å²) in [6, 6.07) is 8.13. The fraction of sp³-hybridized carbons (Fsp3) is 0.304. The number of aromatic nitrogens is 5. The van der Waals surface area contributed by atoms with Crippen LogP contribution in [-0.2, 0) is 11.8 Å². The predicted octanol–water partition coefficient (Wildman–Crippen LogP) is 4.79. The second kappa shape index (κ2) is 7.98. The number of hydrogen-bond acceptors (Lipinski definition) is 6. The largest absolute Gasteiger partial charge is 0.353 e. The zero-order valence-corrected chi connectivity index (χ0v) is 19.3. The number of anilines is 3. The highest BCUT2D eigenvalue weighted by molar-refractivity contribution is 7.98. The molecule has 1 aromatic carbocycles. The molecular formula is C23H25N7OS. The topological polar surface area (TPSA) is 101 Å². The van der Waals surface area contributed by atoms with E-state index in [1.807, 2.05) is 37.7 Å². The van der Waals surface area contributed by atoms with Crippen LogP contribution in [0.15, 0.2) is 35.4 Å². The summed E-state index contributed by atoms with van der Waals surface area (Å²) >= 11 is 1.66. The molecule has 3 aromatic heterocycles. The second-order valence-electron chi connectivity index (χ2n) is 8.20. The van der Waals surface area contributed by atoms with Crippen molar-refractivity contribution in [1.29, 1.82) is 0 Å². The molecule has 3 N–H and O–H groups in total. The molecule has 5 rings (SSSR count). The monoisotopic (exact) mass is 447 g/mol. The van der Waals surface area contributed by atoms with E-state index in [1.54, 1.807) is 11.8 Å². The molecule has 0 spiro atoms. The number of benzene rings is 1. The smallest absolute Gasteiger partial charge is 0.228 e. The maximum absolute atomic E-state index is 12.3. The van der Waals surface area contributed by atoms with E-state index in [1.165, 1.54) is 0 Å². The minimum absolute atomic E-state index is 0.0228. The van der Waals surface area contributed by atoms with Crippen molar-refractivity contribution >= 4 is 46.0 Å². The van der Waals surface area contributed by atoms with E-state index in [2.05, 4.69) is 55.0 Å². The van der Waals surface area contributed by atoms with Gasteiger partial charge in [0.25, 0.3) is 0 Å². The Morgan fingerprint density at radius 1 is 1.16 bits per heavy atom. The fourth-order valence-electron chi connectivity index (χ4n) is 3.80. The molecule has 1 saturated carbocycles. The number of thioether (sulfide) groups is 1. The van der Waals surface area contributed by atoms with Crippen LogP contribution < -0.4 is 10.6 Å². The maximum Gasteiger partial charge on any atom is 0.228 e. The summed E-state index contributed by atoms with van der Waals surface area (Å²) in [7, 11) is 2.01. The van der Waals surface area contributed by atoms with E-state index in [9.17, 15) is 4.79 Å². The highest BCUT2D eigenvalue weighted by Gasteiger charge is 2.30. The van der Waals surface area contributed by atoms with E-state index in [4.69, 9.17) is 0 Å². The van der Waals surface area contributed by atoms with Crippen LogP contribution in [0.5, 0.6) is 0 Å². The van der Waals surface area contributed by atoms with Gasteiger partial charge in [-0.15, -0.1) is 11.8 Å². The van der Waals surface area contributed by atoms with E-state index < -0.39 is 0 Å². The van der Waals surface area contributed by atoms with Gasteiger partial charge in [-0.3, -0.25) is 4.79 Å². The number of fused-ring (bicyclic) bond motifs is 1. The van der Waals surface area contributed by atoms with Crippen molar-refractivity contribution in [3.05, 3.63) is 42.0 Å². The molecule has 0 saturated heterocycles. The van der Waals surface area contributed by atoms with Gasteiger partial charge in [0.2, 0.25) is 5.91 Å². The number of carbonyl (C=O) groups excluding carboxylic acids is 1. The third-order valence-corrected chi connectivity index (χ3v) is 6.28. The summed E-state index contributed by atoms with van der Waals surface area (Å²) < 4.78 is 2.04. The normalized spacial score (nSPS) is 13.5. The standard InChI is InChI=1S/C23H25N7OS/c1-12-11-30(3)22(24-12)15-7-8-16(18(9-15)32-4)27-17-10-19(29-23(31)14-5-6-14)28-21-20(17)25-13(2)26-21/h7-11,14H,5-6H2,1-4H3,(H3,25,26,27,28,29,31). The van der Waals surface area contributed by atoms with Gasteiger partial charge in [0, 0.05) is 35.7 Å². The number of carbonyl (C=O) groups is 1. The first kappa shape index (κ1) is 20.6. The molecule has 164 valence electrons. The molecule has 1 aliphatic carbocycles. The predicted molar refractivity (Wildman–Crippen MR) is 128 cm³/mol. The Balaban J connectivity index is 1.51. The average molecular weight is 448 g/mol. The first-order valence-electron chi connectivity index (χ1n) is 10.5. The Morgan fingerprint density at radius 3 is 2.66 bits per heavy atom. The maximum atomic E-state index is 12.3. The molecule has 0 atom stereocenters. The number of nitrogens with zero attached hydrogens (tertiary/aromatic N) is 4. The zero-order valence-electron chi connectivity index (χ0n) is 18.5. The minimum Gasteiger partial charge on any atom is -0.353 e. The van der Waals surface area contributed by atoms with Gasteiger partial charge in [-0.2, -0.15) is 0 Å². The van der Waals surface area contributed by atoms with Gasteiger partial charge in [0.15, 0.2) is 5.65 Å². The van der Waals surface area contributed by atoms with Crippen molar-refractivity contribution in [2.45, 2.75) is 31.6 Å². The molecule has 4 aromatic rings. The van der Waals surface area contributed by atoms with Gasteiger partial charge < -0.3 is 20.2 Å². The van der Waals surface area contributed by atoms with Crippen LogP contribution in [0.1, 0.15) is 24.4 Å². The number of aryl methyl sites for hydroxylation is 3. The van der Waals surface area contributed by atoms with Crippen LogP contribution >= 0.6 is 11.8 Å². The van der Waals surface area contributed by atoms with Crippen LogP contribution in [0.2, 0.25) is 0 Å². The lowest BCUT2D eigenvalue weighted by Crippen LogP contribution is -2.14. The highest BCUT2D eigenvalue weighted by Crippen LogP contribution is 2.35. The first-order chi connectivity index (χ1) is 15.4. The lowest BCUT2D eigenvalue weighted by atomic mass is 10.2. The number of H-pyrrole nitrogens is 1. The molecule has 1 aliphatic rings. The van der Waals surface area contributed by atoms with Gasteiger partial charge in [0.1, 0.15) is 23.0 Å². The number of imidazole rings is 2. The van der Waals surface area contributed by atoms with Gasteiger partial charge >= 0.3 is 0 Å². The van der Waals surface area contributed by atoms with Crippen molar-refractivity contribution < 1.29 is 4.79 Å². The fourth-order valence-corrected chi connectivity index (χ4v) is 4.39. The molecular weight excluding hydrogens is 422 g/mol. The SMILES string of the molecule is CSc1cc(-c2nc(C)cn2C)ccc1Nc1cc(NC(=O)C2CC2)nc2nc(C)[nH]c12. The first-order valence-corrected chi connectivity index (χ1v) is 11.8. The van der Waals surface area contributed by atoms with Crippen LogP contribution in [-0.4, -0.2) is 36.7 Å². The van der Waals surface area contributed by atoms with Gasteiger partial charge in [-0.05, 0) is 51.1 Å². The van der Waals surface area contributed by atoms with E-state index in [-0.39, 0.29) is 11.8 Å². The zero-order chi connectivity index (χ0) is 22.4. The summed E-state index contributed by atoms with van der Waals surface area (Å²) in [6.07, 6.45) is 5.96. The number of hydrogen-bond donors (Lipinski definition) is 3. The average Bonchev–Trinajstić information content (AvgIpc) is 3.46. The Kier molecular flexibility index (Phi) is 5.13. The molecule has 1 amide bonds. The Labute approximate surface area is 190 Å². The molecule has 9 heteroatoms. The molecule has 3 heterocycles.